The van der Waals surface area contributed by atoms with Gasteiger partial charge in [-0.15, -0.1) is 12.4 Å². The molecule has 0 aromatic heterocycles. The Morgan fingerprint density at radius 1 is 1.39 bits per heavy atom. The van der Waals surface area contributed by atoms with E-state index >= 15 is 0 Å². The molecule has 0 aliphatic heterocycles. The zero-order valence-electron chi connectivity index (χ0n) is 10.5. The van der Waals surface area contributed by atoms with Gasteiger partial charge in [-0.05, 0) is 26.2 Å². The Kier molecular flexibility index (Phi) is 7.83. The smallest absolute Gasteiger partial charge is 0.328 e. The highest BCUT2D eigenvalue weighted by atomic mass is 35.5. The van der Waals surface area contributed by atoms with Gasteiger partial charge >= 0.3 is 5.97 Å². The van der Waals surface area contributed by atoms with Gasteiger partial charge in [0.2, 0.25) is 0 Å². The van der Waals surface area contributed by atoms with Gasteiger partial charge in [0.15, 0.2) is 0 Å². The first-order chi connectivity index (χ1) is 8.09. The lowest BCUT2D eigenvalue weighted by Crippen LogP contribution is -2.19. The van der Waals surface area contributed by atoms with Gasteiger partial charge < -0.3 is 14.7 Å². The van der Waals surface area contributed by atoms with Gasteiger partial charge in [0, 0.05) is 18.2 Å². The molecule has 1 aromatic rings. The van der Waals surface area contributed by atoms with Gasteiger partial charge in [-0.2, -0.15) is 0 Å². The molecule has 0 aliphatic rings. The molecule has 100 valence electrons. The minimum absolute atomic E-state index is 0. The largest absolute Gasteiger partial charge is 0.492 e. The van der Waals surface area contributed by atoms with E-state index in [2.05, 4.69) is 0 Å². The van der Waals surface area contributed by atoms with Crippen LogP contribution in [0.4, 0.5) is 0 Å². The Labute approximate surface area is 113 Å². The van der Waals surface area contributed by atoms with E-state index in [-0.39, 0.29) is 12.4 Å². The van der Waals surface area contributed by atoms with Crippen LogP contribution in [0.3, 0.4) is 0 Å². The van der Waals surface area contributed by atoms with E-state index < -0.39 is 5.97 Å². The third-order valence-electron chi connectivity index (χ3n) is 2.12. The Balaban J connectivity index is 0.00000289. The van der Waals surface area contributed by atoms with E-state index in [9.17, 15) is 4.79 Å². The number of carboxylic acids is 1. The molecule has 0 saturated heterocycles. The molecule has 5 heteroatoms. The van der Waals surface area contributed by atoms with E-state index in [1.807, 2.05) is 43.3 Å². The summed E-state index contributed by atoms with van der Waals surface area (Å²) in [5.74, 6) is -0.264. The number of likely N-dealkylation sites (N-methyl/N-ethyl adjacent to an activating group) is 1. The van der Waals surface area contributed by atoms with Crippen molar-refractivity contribution in [1.82, 2.24) is 4.90 Å². The van der Waals surface area contributed by atoms with Gasteiger partial charge in [0.05, 0.1) is 0 Å². The van der Waals surface area contributed by atoms with Gasteiger partial charge in [-0.25, -0.2) is 4.79 Å². The first-order valence-corrected chi connectivity index (χ1v) is 5.37. The predicted molar refractivity (Wildman–Crippen MR) is 74.4 cm³/mol. The fourth-order valence-electron chi connectivity index (χ4n) is 1.25. The van der Waals surface area contributed by atoms with Crippen LogP contribution in [0.1, 0.15) is 5.56 Å². The summed E-state index contributed by atoms with van der Waals surface area (Å²) in [6.45, 7) is 1.39. The number of hydrogen-bond acceptors (Lipinski definition) is 3. The van der Waals surface area contributed by atoms with Crippen LogP contribution in [-0.2, 0) is 4.79 Å². The van der Waals surface area contributed by atoms with Gasteiger partial charge in [-0.3, -0.25) is 0 Å². The number of rotatable bonds is 6. The summed E-state index contributed by atoms with van der Waals surface area (Å²) >= 11 is 0. The lowest BCUT2D eigenvalue weighted by molar-refractivity contribution is -0.131. The molecule has 0 radical (unpaired) electrons. The molecule has 4 nitrogen and oxygen atoms in total. The maximum atomic E-state index is 10.5. The minimum Gasteiger partial charge on any atom is -0.492 e. The number of benzene rings is 1. The van der Waals surface area contributed by atoms with Crippen molar-refractivity contribution in [2.45, 2.75) is 0 Å². The Bertz CT molecular complexity index is 405. The zero-order chi connectivity index (χ0) is 12.7. The summed E-state index contributed by atoms with van der Waals surface area (Å²) in [4.78, 5) is 12.5. The summed E-state index contributed by atoms with van der Waals surface area (Å²) < 4.78 is 5.59. The topological polar surface area (TPSA) is 49.8 Å². The van der Waals surface area contributed by atoms with Crippen molar-refractivity contribution in [2.24, 2.45) is 0 Å². The number of hydrogen-bond donors (Lipinski definition) is 1. The number of ether oxygens (including phenoxy) is 1. The Hall–Kier alpha value is -1.52. The molecule has 0 amide bonds. The Morgan fingerprint density at radius 2 is 2.06 bits per heavy atom. The summed E-state index contributed by atoms with van der Waals surface area (Å²) in [5.41, 5.74) is 0.772. The van der Waals surface area contributed by atoms with Crippen molar-refractivity contribution in [3.05, 3.63) is 35.9 Å². The van der Waals surface area contributed by atoms with Crippen molar-refractivity contribution in [3.8, 4) is 5.75 Å². The van der Waals surface area contributed by atoms with E-state index in [0.29, 0.717) is 12.4 Å². The molecule has 0 fully saturated rings. The molecule has 1 N–H and O–H groups in total. The van der Waals surface area contributed by atoms with Crippen LogP contribution in [0.15, 0.2) is 30.3 Å². The van der Waals surface area contributed by atoms with Crippen LogP contribution < -0.4 is 4.74 Å². The van der Waals surface area contributed by atoms with E-state index in [1.54, 1.807) is 0 Å². The number of halogens is 1. The second-order valence-corrected chi connectivity index (χ2v) is 3.86. The molecule has 18 heavy (non-hydrogen) atoms. The van der Waals surface area contributed by atoms with Crippen molar-refractivity contribution >= 4 is 24.5 Å². The third kappa shape index (κ3) is 6.27. The molecule has 0 unspecified atom stereocenters. The van der Waals surface area contributed by atoms with Crippen molar-refractivity contribution in [2.75, 3.05) is 27.2 Å². The first kappa shape index (κ1) is 16.5. The molecule has 0 spiro atoms. The molecule has 0 bridgehead atoms. The molecule has 0 heterocycles. The number of aliphatic carboxylic acids is 1. The second kappa shape index (κ2) is 8.55. The van der Waals surface area contributed by atoms with E-state index in [1.165, 1.54) is 6.08 Å². The van der Waals surface area contributed by atoms with Crippen LogP contribution in [0, 0.1) is 0 Å². The Morgan fingerprint density at radius 3 is 2.67 bits per heavy atom. The minimum atomic E-state index is -0.965. The summed E-state index contributed by atoms with van der Waals surface area (Å²) in [6.07, 6.45) is 2.64. The number of para-hydroxylation sites is 1. The molecule has 0 aliphatic carbocycles. The fraction of sp³-hybridized carbons (Fsp3) is 0.308. The number of carbonyl (C=O) groups is 1. The standard InChI is InChI=1S/C13H17NO3.ClH/c1-14(2)9-10-17-12-6-4-3-5-11(12)7-8-13(15)16;/h3-8H,9-10H2,1-2H3,(H,15,16);1H/b8-7+;. The van der Waals surface area contributed by atoms with Crippen LogP contribution in [-0.4, -0.2) is 43.2 Å². The maximum Gasteiger partial charge on any atom is 0.328 e. The quantitative estimate of drug-likeness (QED) is 0.806. The van der Waals surface area contributed by atoms with Crippen LogP contribution in [0.5, 0.6) is 5.75 Å². The number of nitrogens with zero attached hydrogens (tertiary/aromatic N) is 1. The highest BCUT2D eigenvalue weighted by Crippen LogP contribution is 2.19. The SMILES string of the molecule is CN(C)CCOc1ccccc1/C=C/C(=O)O.Cl. The fourth-order valence-corrected chi connectivity index (χ4v) is 1.25. The zero-order valence-corrected chi connectivity index (χ0v) is 11.3. The van der Waals surface area contributed by atoms with Crippen molar-refractivity contribution < 1.29 is 14.6 Å². The van der Waals surface area contributed by atoms with Crippen molar-refractivity contribution in [1.29, 1.82) is 0 Å². The van der Waals surface area contributed by atoms with Gasteiger partial charge in [0.1, 0.15) is 12.4 Å². The molecular weight excluding hydrogens is 254 g/mol. The average molecular weight is 272 g/mol. The van der Waals surface area contributed by atoms with Gasteiger partial charge in [0.25, 0.3) is 0 Å². The lowest BCUT2D eigenvalue weighted by Gasteiger charge is -2.12. The highest BCUT2D eigenvalue weighted by Gasteiger charge is 2.00. The molecule has 0 saturated carbocycles. The van der Waals surface area contributed by atoms with E-state index in [0.717, 1.165) is 18.2 Å². The van der Waals surface area contributed by atoms with Crippen LogP contribution in [0.25, 0.3) is 6.08 Å². The lowest BCUT2D eigenvalue weighted by atomic mass is 10.2. The predicted octanol–water partition coefficient (Wildman–Crippen LogP) is 2.15. The summed E-state index contributed by atoms with van der Waals surface area (Å²) in [6, 6.07) is 7.37. The van der Waals surface area contributed by atoms with E-state index in [4.69, 9.17) is 9.84 Å². The second-order valence-electron chi connectivity index (χ2n) is 3.86. The molecule has 0 atom stereocenters. The van der Waals surface area contributed by atoms with Crippen molar-refractivity contribution in [3.63, 3.8) is 0 Å². The maximum absolute atomic E-state index is 10.5. The third-order valence-corrected chi connectivity index (χ3v) is 2.12. The van der Waals surface area contributed by atoms with Crippen LogP contribution >= 0.6 is 12.4 Å². The van der Waals surface area contributed by atoms with Crippen LogP contribution in [0.2, 0.25) is 0 Å². The highest BCUT2D eigenvalue weighted by molar-refractivity contribution is 5.86. The number of carboxylic acid groups (broad SMARTS) is 1. The summed E-state index contributed by atoms with van der Waals surface area (Å²) in [5, 5.41) is 8.58. The van der Waals surface area contributed by atoms with Gasteiger partial charge in [-0.1, -0.05) is 18.2 Å². The molecule has 1 aromatic carbocycles. The molecular formula is C13H18ClNO3. The molecule has 1 rings (SSSR count). The first-order valence-electron chi connectivity index (χ1n) is 5.37. The summed E-state index contributed by atoms with van der Waals surface area (Å²) in [7, 11) is 3.94. The average Bonchev–Trinajstić information content (AvgIpc) is 2.27. The normalized spacial score (nSPS) is 10.4. The monoisotopic (exact) mass is 271 g/mol.